The van der Waals surface area contributed by atoms with E-state index in [0.29, 0.717) is 11.1 Å². The first-order valence-corrected chi connectivity index (χ1v) is 12.5. The Balaban J connectivity index is 1.60. The van der Waals surface area contributed by atoms with Crippen LogP contribution in [0.15, 0.2) is 95.9 Å². The summed E-state index contributed by atoms with van der Waals surface area (Å²) < 4.78 is 32.3. The van der Waals surface area contributed by atoms with Gasteiger partial charge in [0, 0.05) is 21.1 Å². The quantitative estimate of drug-likeness (QED) is 0.145. The fourth-order valence-electron chi connectivity index (χ4n) is 3.98. The first kappa shape index (κ1) is 20.9. The molecule has 0 radical (unpaired) electrons. The Morgan fingerprint density at radius 1 is 0.750 bits per heavy atom. The summed E-state index contributed by atoms with van der Waals surface area (Å²) in [5.41, 5.74) is 5.15. The molecule has 32 heavy (non-hydrogen) atoms. The molecule has 0 atom stereocenters. The zero-order chi connectivity index (χ0) is 22.3. The van der Waals surface area contributed by atoms with Gasteiger partial charge < -0.3 is 4.18 Å². The van der Waals surface area contributed by atoms with E-state index in [1.165, 1.54) is 12.1 Å². The molecule has 5 rings (SSSR count). The lowest BCUT2D eigenvalue weighted by Gasteiger charge is -2.28. The number of halogens is 1. The lowest BCUT2D eigenvalue weighted by molar-refractivity contribution is 0.0991. The van der Waals surface area contributed by atoms with Crippen molar-refractivity contribution >= 4 is 38.5 Å². The highest BCUT2D eigenvalue weighted by Gasteiger charge is 2.30. The Morgan fingerprint density at radius 2 is 1.41 bits per heavy atom. The van der Waals surface area contributed by atoms with Crippen molar-refractivity contribution in [2.24, 2.45) is 0 Å². The largest absolute Gasteiger partial charge is 0.379 e. The second-order valence-corrected chi connectivity index (χ2v) is 10.1. The number of ketones is 1. The predicted octanol–water partition coefficient (Wildman–Crippen LogP) is 6.13. The maximum absolute atomic E-state index is 13.2. The molecule has 0 saturated carbocycles. The van der Waals surface area contributed by atoms with Gasteiger partial charge in [-0.2, -0.15) is 8.42 Å². The van der Waals surface area contributed by atoms with Crippen LogP contribution in [0.5, 0.6) is 5.75 Å². The van der Waals surface area contributed by atoms with E-state index in [-0.39, 0.29) is 22.8 Å². The maximum atomic E-state index is 13.2. The molecule has 158 valence electrons. The van der Waals surface area contributed by atoms with Gasteiger partial charge in [0.25, 0.3) is 0 Å². The van der Waals surface area contributed by atoms with Crippen molar-refractivity contribution in [3.63, 3.8) is 0 Å². The molecule has 4 aromatic rings. The number of hydrogen-bond donors (Lipinski definition) is 0. The molecule has 0 amide bonds. The molecule has 4 nitrogen and oxygen atoms in total. The van der Waals surface area contributed by atoms with Crippen LogP contribution in [0.1, 0.15) is 15.9 Å². The number of benzene rings is 4. The standard InChI is InChI=1S/C26H17IO4S/c27-23-13-7-6-12-21(23)24(28)16-22-25(31-32(29,30)17-8-2-1-3-9-17)15-14-20-18-10-4-5-11-19(18)26(20)22/h1-15H,16H2. The summed E-state index contributed by atoms with van der Waals surface area (Å²) in [6.07, 6.45) is 0.0389. The molecule has 0 saturated heterocycles. The molecule has 0 fully saturated rings. The number of fused-ring (bicyclic) bond motifs is 4. The third-order valence-electron chi connectivity index (χ3n) is 5.50. The summed E-state index contributed by atoms with van der Waals surface area (Å²) in [7, 11) is -4.04. The Kier molecular flexibility index (Phi) is 5.35. The van der Waals surface area contributed by atoms with E-state index in [9.17, 15) is 13.2 Å². The van der Waals surface area contributed by atoms with Crippen LogP contribution < -0.4 is 4.18 Å². The van der Waals surface area contributed by atoms with Gasteiger partial charge in [-0.1, -0.05) is 60.7 Å². The molecule has 0 unspecified atom stereocenters. The monoisotopic (exact) mass is 552 g/mol. The van der Waals surface area contributed by atoms with Crippen LogP contribution in [0.25, 0.3) is 22.3 Å². The van der Waals surface area contributed by atoms with Crippen molar-refractivity contribution in [2.75, 3.05) is 0 Å². The third kappa shape index (κ3) is 3.63. The molecule has 1 aliphatic carbocycles. The fraction of sp³-hybridized carbons (Fsp3) is 0.0385. The minimum absolute atomic E-state index is 0.0389. The van der Waals surface area contributed by atoms with E-state index < -0.39 is 10.1 Å². The van der Waals surface area contributed by atoms with Gasteiger partial charge in [-0.25, -0.2) is 0 Å². The summed E-state index contributed by atoms with van der Waals surface area (Å²) >= 11 is 2.14. The molecule has 4 aromatic carbocycles. The van der Waals surface area contributed by atoms with Gasteiger partial charge in [0.05, 0.1) is 0 Å². The first-order chi connectivity index (χ1) is 15.5. The highest BCUT2D eigenvalue weighted by atomic mass is 127. The van der Waals surface area contributed by atoms with E-state index in [4.69, 9.17) is 4.18 Å². The van der Waals surface area contributed by atoms with Crippen LogP contribution in [-0.2, 0) is 16.5 Å². The van der Waals surface area contributed by atoms with Gasteiger partial charge in [-0.3, -0.25) is 4.79 Å². The summed E-state index contributed by atoms with van der Waals surface area (Å²) in [5, 5.41) is 0. The van der Waals surface area contributed by atoms with E-state index in [1.54, 1.807) is 30.3 Å². The molecule has 0 heterocycles. The molecular weight excluding hydrogens is 535 g/mol. The van der Waals surface area contributed by atoms with Crippen LogP contribution in [0.3, 0.4) is 0 Å². The summed E-state index contributed by atoms with van der Waals surface area (Å²) in [6.45, 7) is 0. The van der Waals surface area contributed by atoms with Crippen molar-refractivity contribution in [3.05, 3.63) is 106 Å². The number of carbonyl (C=O) groups is 1. The van der Waals surface area contributed by atoms with Crippen LogP contribution >= 0.6 is 22.6 Å². The van der Waals surface area contributed by atoms with Gasteiger partial charge in [0.1, 0.15) is 10.6 Å². The zero-order valence-electron chi connectivity index (χ0n) is 16.8. The minimum Gasteiger partial charge on any atom is -0.379 e. The molecule has 0 aromatic heterocycles. The van der Waals surface area contributed by atoms with Gasteiger partial charge in [-0.05, 0) is 75.2 Å². The molecule has 0 aliphatic heterocycles. The molecular formula is C26H17IO4S. The second kappa shape index (κ2) is 8.18. The highest BCUT2D eigenvalue weighted by molar-refractivity contribution is 14.1. The summed E-state index contributed by atoms with van der Waals surface area (Å²) in [4.78, 5) is 13.3. The van der Waals surface area contributed by atoms with E-state index in [2.05, 4.69) is 22.6 Å². The average Bonchev–Trinajstić information content (AvgIpc) is 2.79. The van der Waals surface area contributed by atoms with Crippen LogP contribution in [0.2, 0.25) is 0 Å². The molecule has 6 heteroatoms. The number of hydrogen-bond acceptors (Lipinski definition) is 4. The molecule has 0 N–H and O–H groups in total. The van der Waals surface area contributed by atoms with Crippen LogP contribution in [0.4, 0.5) is 0 Å². The fourth-order valence-corrected chi connectivity index (χ4v) is 5.65. The van der Waals surface area contributed by atoms with Crippen molar-refractivity contribution < 1.29 is 17.4 Å². The Morgan fingerprint density at radius 3 is 2.16 bits per heavy atom. The van der Waals surface area contributed by atoms with E-state index in [0.717, 1.165) is 25.8 Å². The summed E-state index contributed by atoms with van der Waals surface area (Å²) in [5.74, 6) is 0.0936. The van der Waals surface area contributed by atoms with E-state index >= 15 is 0 Å². The van der Waals surface area contributed by atoms with Gasteiger partial charge in [-0.15, -0.1) is 0 Å². The van der Waals surface area contributed by atoms with Crippen LogP contribution in [-0.4, -0.2) is 14.2 Å². The topological polar surface area (TPSA) is 60.4 Å². The van der Waals surface area contributed by atoms with Gasteiger partial charge in [0.15, 0.2) is 5.78 Å². The molecule has 0 bridgehead atoms. The van der Waals surface area contributed by atoms with Crippen molar-refractivity contribution in [3.8, 4) is 28.0 Å². The SMILES string of the molecule is O=C(Cc1c(OS(=O)(=O)c2ccccc2)ccc2c1-c1ccccc1-2)c1ccccc1I. The molecule has 1 aliphatic rings. The molecule has 0 spiro atoms. The first-order valence-electron chi connectivity index (χ1n) is 9.98. The van der Waals surface area contributed by atoms with E-state index in [1.807, 2.05) is 48.5 Å². The Hall–Kier alpha value is -2.97. The number of rotatable bonds is 6. The van der Waals surface area contributed by atoms with Gasteiger partial charge in [0.2, 0.25) is 0 Å². The summed E-state index contributed by atoms with van der Waals surface area (Å²) in [6, 6.07) is 26.8. The predicted molar refractivity (Wildman–Crippen MR) is 132 cm³/mol. The lowest BCUT2D eigenvalue weighted by atomic mass is 9.76. The zero-order valence-corrected chi connectivity index (χ0v) is 19.8. The van der Waals surface area contributed by atoms with Crippen molar-refractivity contribution in [1.29, 1.82) is 0 Å². The normalized spacial score (nSPS) is 11.8. The maximum Gasteiger partial charge on any atom is 0.339 e. The highest BCUT2D eigenvalue weighted by Crippen LogP contribution is 2.51. The van der Waals surface area contributed by atoms with Gasteiger partial charge >= 0.3 is 10.1 Å². The lowest BCUT2D eigenvalue weighted by Crippen LogP contribution is -2.15. The van der Waals surface area contributed by atoms with Crippen molar-refractivity contribution in [1.82, 2.24) is 0 Å². The smallest absolute Gasteiger partial charge is 0.339 e. The number of Topliss-reactive ketones (excluding diaryl/α,β-unsaturated/α-hetero) is 1. The Labute approximate surface area is 200 Å². The average molecular weight is 552 g/mol. The third-order valence-corrected chi connectivity index (χ3v) is 7.69. The second-order valence-electron chi connectivity index (χ2n) is 7.44. The van der Waals surface area contributed by atoms with Crippen molar-refractivity contribution in [2.45, 2.75) is 11.3 Å². The van der Waals surface area contributed by atoms with Crippen LogP contribution in [0, 0.1) is 3.57 Å². The number of carbonyl (C=O) groups excluding carboxylic acids is 1. The minimum atomic E-state index is -4.04. The Bertz CT molecular complexity index is 1460.